The van der Waals surface area contributed by atoms with E-state index in [-0.39, 0.29) is 0 Å². The topological polar surface area (TPSA) is 3.24 Å². The van der Waals surface area contributed by atoms with Crippen LogP contribution in [0.1, 0.15) is 33.1 Å². The van der Waals surface area contributed by atoms with Gasteiger partial charge in [0, 0.05) is 19.6 Å². The quantitative estimate of drug-likeness (QED) is 0.589. The molecule has 2 atom stereocenters. The molecule has 0 aromatic carbocycles. The third kappa shape index (κ3) is 2.34. The van der Waals surface area contributed by atoms with Gasteiger partial charge < -0.3 is 0 Å². The second kappa shape index (κ2) is 3.83. The number of piperidine rings is 1. The standard InChI is InChI=1S/C12H21N/c1-10(2)5-6-13-8-11-3-4-12(7-11)9-13/h5,11-12H,3-4,6-9H2,1-2H3. The summed E-state index contributed by atoms with van der Waals surface area (Å²) in [5.74, 6) is 2.06. The maximum atomic E-state index is 2.64. The lowest BCUT2D eigenvalue weighted by molar-refractivity contribution is 0.184. The molecule has 1 heterocycles. The Morgan fingerprint density at radius 2 is 1.85 bits per heavy atom. The molecule has 0 aromatic rings. The van der Waals surface area contributed by atoms with Crippen molar-refractivity contribution in [2.45, 2.75) is 33.1 Å². The van der Waals surface area contributed by atoms with Gasteiger partial charge in [-0.2, -0.15) is 0 Å². The number of nitrogens with zero attached hydrogens (tertiary/aromatic N) is 1. The highest BCUT2D eigenvalue weighted by molar-refractivity contribution is 4.97. The van der Waals surface area contributed by atoms with Crippen molar-refractivity contribution >= 4 is 0 Å². The molecular weight excluding hydrogens is 158 g/mol. The molecule has 1 aliphatic carbocycles. The zero-order valence-electron chi connectivity index (χ0n) is 8.92. The van der Waals surface area contributed by atoms with E-state index < -0.39 is 0 Å². The van der Waals surface area contributed by atoms with Gasteiger partial charge in [0.15, 0.2) is 0 Å². The van der Waals surface area contributed by atoms with Gasteiger partial charge in [-0.05, 0) is 44.9 Å². The number of likely N-dealkylation sites (tertiary alicyclic amines) is 1. The minimum absolute atomic E-state index is 1.03. The van der Waals surface area contributed by atoms with Crippen molar-refractivity contribution in [3.63, 3.8) is 0 Å². The fourth-order valence-corrected chi connectivity index (χ4v) is 2.78. The second-order valence-electron chi connectivity index (χ2n) is 5.05. The molecule has 0 radical (unpaired) electrons. The summed E-state index contributed by atoms with van der Waals surface area (Å²) in [5, 5.41) is 0. The van der Waals surface area contributed by atoms with Crippen LogP contribution in [0.3, 0.4) is 0 Å². The Balaban J connectivity index is 1.85. The van der Waals surface area contributed by atoms with Gasteiger partial charge in [0.05, 0.1) is 0 Å². The van der Waals surface area contributed by atoms with Crippen molar-refractivity contribution in [1.29, 1.82) is 0 Å². The van der Waals surface area contributed by atoms with Crippen LogP contribution in [0.5, 0.6) is 0 Å². The third-order valence-electron chi connectivity index (χ3n) is 3.44. The lowest BCUT2D eigenvalue weighted by atomic mass is 9.99. The predicted octanol–water partition coefficient (Wildman–Crippen LogP) is 2.68. The number of rotatable bonds is 2. The van der Waals surface area contributed by atoms with Crippen LogP contribution in [0.15, 0.2) is 11.6 Å². The van der Waals surface area contributed by atoms with Crippen LogP contribution >= 0.6 is 0 Å². The molecule has 1 nitrogen and oxygen atoms in total. The normalized spacial score (nSPS) is 33.4. The Morgan fingerprint density at radius 1 is 1.23 bits per heavy atom. The molecule has 2 unspecified atom stereocenters. The zero-order chi connectivity index (χ0) is 9.26. The van der Waals surface area contributed by atoms with Gasteiger partial charge in [-0.1, -0.05) is 11.6 Å². The van der Waals surface area contributed by atoms with E-state index >= 15 is 0 Å². The average Bonchev–Trinajstić information content (AvgIpc) is 2.42. The SMILES string of the molecule is CC(C)=CCN1CC2CCC(C2)C1. The fourth-order valence-electron chi connectivity index (χ4n) is 2.78. The summed E-state index contributed by atoms with van der Waals surface area (Å²) in [7, 11) is 0. The molecule has 0 N–H and O–H groups in total. The minimum atomic E-state index is 1.03. The summed E-state index contributed by atoms with van der Waals surface area (Å²) in [4.78, 5) is 2.64. The van der Waals surface area contributed by atoms with E-state index in [0.717, 1.165) is 11.8 Å². The van der Waals surface area contributed by atoms with Gasteiger partial charge in [-0.15, -0.1) is 0 Å². The van der Waals surface area contributed by atoms with Crippen LogP contribution in [-0.4, -0.2) is 24.5 Å². The van der Waals surface area contributed by atoms with Crippen molar-refractivity contribution in [1.82, 2.24) is 4.90 Å². The molecule has 2 aliphatic rings. The van der Waals surface area contributed by atoms with Crippen molar-refractivity contribution in [3.05, 3.63) is 11.6 Å². The molecule has 74 valence electrons. The number of hydrogen-bond donors (Lipinski definition) is 0. The molecule has 13 heavy (non-hydrogen) atoms. The first-order valence-electron chi connectivity index (χ1n) is 5.60. The molecule has 2 rings (SSSR count). The lowest BCUT2D eigenvalue weighted by Gasteiger charge is -2.30. The van der Waals surface area contributed by atoms with E-state index in [9.17, 15) is 0 Å². The van der Waals surface area contributed by atoms with Crippen LogP contribution in [0, 0.1) is 11.8 Å². The van der Waals surface area contributed by atoms with E-state index in [1.807, 2.05) is 0 Å². The molecular formula is C12H21N. The molecule has 0 spiro atoms. The summed E-state index contributed by atoms with van der Waals surface area (Å²) < 4.78 is 0. The van der Waals surface area contributed by atoms with Gasteiger partial charge in [0.1, 0.15) is 0 Å². The summed E-state index contributed by atoms with van der Waals surface area (Å²) in [5.41, 5.74) is 1.46. The molecule has 0 amide bonds. The van der Waals surface area contributed by atoms with Crippen LogP contribution in [0.2, 0.25) is 0 Å². The Bertz CT molecular complexity index is 191. The minimum Gasteiger partial charge on any atom is -0.299 e. The first-order chi connectivity index (χ1) is 6.24. The second-order valence-corrected chi connectivity index (χ2v) is 5.05. The number of allylic oxidation sites excluding steroid dienone is 1. The Hall–Kier alpha value is -0.300. The summed E-state index contributed by atoms with van der Waals surface area (Å²) in [6, 6.07) is 0. The highest BCUT2D eigenvalue weighted by Gasteiger charge is 2.31. The Kier molecular flexibility index (Phi) is 2.73. The van der Waals surface area contributed by atoms with E-state index in [1.54, 1.807) is 0 Å². The monoisotopic (exact) mass is 179 g/mol. The zero-order valence-corrected chi connectivity index (χ0v) is 8.92. The number of fused-ring (bicyclic) bond motifs is 2. The predicted molar refractivity (Wildman–Crippen MR) is 56.7 cm³/mol. The molecule has 0 aromatic heterocycles. The first-order valence-corrected chi connectivity index (χ1v) is 5.60. The van der Waals surface area contributed by atoms with E-state index in [2.05, 4.69) is 24.8 Å². The number of hydrogen-bond acceptors (Lipinski definition) is 1. The largest absolute Gasteiger partial charge is 0.299 e. The van der Waals surface area contributed by atoms with Gasteiger partial charge in [0.2, 0.25) is 0 Å². The lowest BCUT2D eigenvalue weighted by Crippen LogP contribution is -2.36. The van der Waals surface area contributed by atoms with Crippen LogP contribution in [-0.2, 0) is 0 Å². The van der Waals surface area contributed by atoms with Crippen molar-refractivity contribution in [2.24, 2.45) is 11.8 Å². The van der Waals surface area contributed by atoms with E-state index in [4.69, 9.17) is 0 Å². The molecule has 2 fully saturated rings. The maximum absolute atomic E-state index is 2.64. The Morgan fingerprint density at radius 3 is 2.38 bits per heavy atom. The van der Waals surface area contributed by atoms with Gasteiger partial charge in [-0.3, -0.25) is 4.90 Å². The van der Waals surface area contributed by atoms with Crippen LogP contribution in [0.4, 0.5) is 0 Å². The Labute approximate surface area is 81.8 Å². The van der Waals surface area contributed by atoms with E-state index in [1.165, 1.54) is 44.5 Å². The van der Waals surface area contributed by atoms with Crippen LogP contribution in [0.25, 0.3) is 0 Å². The third-order valence-corrected chi connectivity index (χ3v) is 3.44. The van der Waals surface area contributed by atoms with Gasteiger partial charge in [-0.25, -0.2) is 0 Å². The molecule has 1 saturated heterocycles. The smallest absolute Gasteiger partial charge is 0.0165 e. The maximum Gasteiger partial charge on any atom is 0.0165 e. The molecule has 2 bridgehead atoms. The van der Waals surface area contributed by atoms with Crippen molar-refractivity contribution in [3.8, 4) is 0 Å². The summed E-state index contributed by atoms with van der Waals surface area (Å²) in [6.45, 7) is 8.30. The van der Waals surface area contributed by atoms with E-state index in [0.29, 0.717) is 0 Å². The highest BCUT2D eigenvalue weighted by Crippen LogP contribution is 2.36. The fraction of sp³-hybridized carbons (Fsp3) is 0.833. The highest BCUT2D eigenvalue weighted by atomic mass is 15.1. The first kappa shape index (κ1) is 9.26. The van der Waals surface area contributed by atoms with Crippen molar-refractivity contribution in [2.75, 3.05) is 19.6 Å². The van der Waals surface area contributed by atoms with Gasteiger partial charge >= 0.3 is 0 Å². The molecule has 1 heteroatoms. The summed E-state index contributed by atoms with van der Waals surface area (Å²) >= 11 is 0. The molecule has 1 saturated carbocycles. The van der Waals surface area contributed by atoms with Crippen molar-refractivity contribution < 1.29 is 0 Å². The summed E-state index contributed by atoms with van der Waals surface area (Å²) in [6.07, 6.45) is 6.88. The molecule has 1 aliphatic heterocycles. The van der Waals surface area contributed by atoms with Gasteiger partial charge in [0.25, 0.3) is 0 Å². The average molecular weight is 179 g/mol. The van der Waals surface area contributed by atoms with Crippen LogP contribution < -0.4 is 0 Å².